The summed E-state index contributed by atoms with van der Waals surface area (Å²) in [5, 5.41) is 16.9. The second-order valence-electron chi connectivity index (χ2n) is 5.73. The molecule has 2 N–H and O–H groups in total. The molecule has 2 heterocycles. The highest BCUT2D eigenvalue weighted by atomic mass is 32.1. The van der Waals surface area contributed by atoms with Crippen LogP contribution in [0.3, 0.4) is 0 Å². The number of piperidine rings is 1. The lowest BCUT2D eigenvalue weighted by Crippen LogP contribution is -2.45. The fourth-order valence-electron chi connectivity index (χ4n) is 2.74. The number of thiazole rings is 1. The number of amides is 3. The van der Waals surface area contributed by atoms with E-state index >= 15 is 0 Å². The Morgan fingerprint density at radius 1 is 1.36 bits per heavy atom. The summed E-state index contributed by atoms with van der Waals surface area (Å²) in [4.78, 5) is 30.5. The van der Waals surface area contributed by atoms with E-state index in [4.69, 9.17) is 5.26 Å². The van der Waals surface area contributed by atoms with Gasteiger partial charge in [-0.05, 0) is 31.0 Å². The van der Waals surface area contributed by atoms with Crippen molar-refractivity contribution in [1.82, 2.24) is 9.88 Å². The van der Waals surface area contributed by atoms with Crippen molar-refractivity contribution in [1.29, 1.82) is 5.26 Å². The van der Waals surface area contributed by atoms with Crippen LogP contribution in [0.2, 0.25) is 0 Å². The maximum Gasteiger partial charge on any atom is 0.321 e. The second kappa shape index (κ2) is 7.77. The molecule has 8 heteroatoms. The van der Waals surface area contributed by atoms with Gasteiger partial charge in [0, 0.05) is 30.4 Å². The molecule has 1 atom stereocenters. The minimum atomic E-state index is -0.262. The number of nitrogens with one attached hydrogen (secondary N) is 2. The molecule has 1 aliphatic rings. The highest BCUT2D eigenvalue weighted by Gasteiger charge is 2.28. The molecular weight excluding hydrogens is 338 g/mol. The van der Waals surface area contributed by atoms with E-state index in [1.165, 1.54) is 11.3 Å². The summed E-state index contributed by atoms with van der Waals surface area (Å²) in [5.74, 6) is -0.368. The number of anilines is 2. The van der Waals surface area contributed by atoms with Crippen molar-refractivity contribution >= 4 is 34.1 Å². The summed E-state index contributed by atoms with van der Waals surface area (Å²) in [6.45, 7) is 0.964. The second-order valence-corrected chi connectivity index (χ2v) is 6.63. The van der Waals surface area contributed by atoms with Crippen LogP contribution in [0.25, 0.3) is 0 Å². The molecule has 1 aromatic carbocycles. The van der Waals surface area contributed by atoms with Crippen LogP contribution in [0, 0.1) is 17.2 Å². The smallest absolute Gasteiger partial charge is 0.321 e. The van der Waals surface area contributed by atoms with Gasteiger partial charge in [0.05, 0.1) is 17.6 Å². The fourth-order valence-corrected chi connectivity index (χ4v) is 3.27. The summed E-state index contributed by atoms with van der Waals surface area (Å²) in [7, 11) is 0. The molecule has 1 unspecified atom stereocenters. The average Bonchev–Trinajstić information content (AvgIpc) is 3.15. The molecule has 1 aromatic heterocycles. The maximum atomic E-state index is 12.4. The van der Waals surface area contributed by atoms with Gasteiger partial charge in [-0.25, -0.2) is 9.78 Å². The Hall–Kier alpha value is -2.92. The van der Waals surface area contributed by atoms with Crippen molar-refractivity contribution in [3.8, 4) is 6.07 Å². The number of benzene rings is 1. The van der Waals surface area contributed by atoms with Gasteiger partial charge in [-0.15, -0.1) is 11.3 Å². The van der Waals surface area contributed by atoms with Gasteiger partial charge < -0.3 is 15.5 Å². The zero-order valence-corrected chi connectivity index (χ0v) is 14.3. The van der Waals surface area contributed by atoms with Gasteiger partial charge in [0.1, 0.15) is 0 Å². The first-order valence-electron chi connectivity index (χ1n) is 7.92. The van der Waals surface area contributed by atoms with E-state index in [1.54, 1.807) is 40.7 Å². The molecule has 0 radical (unpaired) electrons. The van der Waals surface area contributed by atoms with E-state index < -0.39 is 0 Å². The van der Waals surface area contributed by atoms with Crippen molar-refractivity contribution < 1.29 is 9.59 Å². The Balaban J connectivity index is 1.59. The maximum absolute atomic E-state index is 12.4. The van der Waals surface area contributed by atoms with Crippen molar-refractivity contribution in [2.45, 2.75) is 12.8 Å². The highest BCUT2D eigenvalue weighted by molar-refractivity contribution is 7.13. The number of nitriles is 1. The molecule has 1 saturated heterocycles. The summed E-state index contributed by atoms with van der Waals surface area (Å²) in [6.07, 6.45) is 3.14. The molecule has 0 aliphatic carbocycles. The lowest BCUT2D eigenvalue weighted by atomic mass is 9.97. The minimum absolute atomic E-state index is 0.112. The van der Waals surface area contributed by atoms with Gasteiger partial charge in [0.15, 0.2) is 5.13 Å². The van der Waals surface area contributed by atoms with Crippen molar-refractivity contribution in [2.75, 3.05) is 23.7 Å². The van der Waals surface area contributed by atoms with Crippen LogP contribution in [0.5, 0.6) is 0 Å². The van der Waals surface area contributed by atoms with E-state index in [0.717, 1.165) is 12.8 Å². The third-order valence-corrected chi connectivity index (χ3v) is 4.67. The first kappa shape index (κ1) is 16.9. The number of hydrogen-bond donors (Lipinski definition) is 2. The molecule has 7 nitrogen and oxygen atoms in total. The lowest BCUT2D eigenvalue weighted by molar-refractivity contribution is -0.121. The number of nitrogens with zero attached hydrogens (tertiary/aromatic N) is 3. The number of carbonyl (C=O) groups excluding carboxylic acids is 2. The van der Waals surface area contributed by atoms with Gasteiger partial charge in [0.25, 0.3) is 0 Å². The number of aromatic nitrogens is 1. The summed E-state index contributed by atoms with van der Waals surface area (Å²) in [5.41, 5.74) is 1.05. The van der Waals surface area contributed by atoms with Crippen molar-refractivity contribution in [3.63, 3.8) is 0 Å². The number of likely N-dealkylation sites (tertiary alicyclic amines) is 1. The van der Waals surface area contributed by atoms with Gasteiger partial charge in [-0.3, -0.25) is 4.79 Å². The lowest BCUT2D eigenvalue weighted by Gasteiger charge is -2.31. The van der Waals surface area contributed by atoms with E-state index in [2.05, 4.69) is 15.6 Å². The zero-order chi connectivity index (χ0) is 17.6. The van der Waals surface area contributed by atoms with Crippen molar-refractivity contribution in [2.24, 2.45) is 5.92 Å². The topological polar surface area (TPSA) is 98.1 Å². The first-order valence-corrected chi connectivity index (χ1v) is 8.80. The molecule has 0 bridgehead atoms. The van der Waals surface area contributed by atoms with Gasteiger partial charge in [0.2, 0.25) is 5.91 Å². The Labute approximate surface area is 149 Å². The quantitative estimate of drug-likeness (QED) is 0.884. The molecule has 1 aliphatic heterocycles. The van der Waals surface area contributed by atoms with E-state index in [9.17, 15) is 9.59 Å². The molecule has 2 aromatic rings. The first-order chi connectivity index (χ1) is 12.2. The van der Waals surface area contributed by atoms with E-state index in [1.807, 2.05) is 6.07 Å². The van der Waals surface area contributed by atoms with Crippen LogP contribution < -0.4 is 10.6 Å². The number of rotatable bonds is 3. The third-order valence-electron chi connectivity index (χ3n) is 3.98. The summed E-state index contributed by atoms with van der Waals surface area (Å²) < 4.78 is 0. The van der Waals surface area contributed by atoms with Crippen LogP contribution in [-0.2, 0) is 4.79 Å². The summed E-state index contributed by atoms with van der Waals surface area (Å²) in [6, 6.07) is 8.52. The molecule has 1 fully saturated rings. The van der Waals surface area contributed by atoms with Crippen LogP contribution in [0.1, 0.15) is 18.4 Å². The molecule has 0 saturated carbocycles. The number of hydrogen-bond acceptors (Lipinski definition) is 5. The number of urea groups is 1. The van der Waals surface area contributed by atoms with Gasteiger partial charge in [-0.1, -0.05) is 6.07 Å². The zero-order valence-electron chi connectivity index (χ0n) is 13.4. The van der Waals surface area contributed by atoms with Gasteiger partial charge >= 0.3 is 6.03 Å². The van der Waals surface area contributed by atoms with E-state index in [-0.39, 0.29) is 17.9 Å². The van der Waals surface area contributed by atoms with Crippen LogP contribution in [0.15, 0.2) is 35.8 Å². The Morgan fingerprint density at radius 2 is 2.24 bits per heavy atom. The normalized spacial score (nSPS) is 16.8. The molecule has 25 heavy (non-hydrogen) atoms. The predicted octanol–water partition coefficient (Wildman–Crippen LogP) is 2.90. The van der Waals surface area contributed by atoms with Gasteiger partial charge in [-0.2, -0.15) is 5.26 Å². The Morgan fingerprint density at radius 3 is 3.00 bits per heavy atom. The Bertz CT molecular complexity index is 800. The Kier molecular flexibility index (Phi) is 5.26. The van der Waals surface area contributed by atoms with Crippen LogP contribution >= 0.6 is 11.3 Å². The molecule has 0 spiro atoms. The molecule has 128 valence electrons. The fraction of sp³-hybridized carbons (Fsp3) is 0.294. The largest absolute Gasteiger partial charge is 0.324 e. The SMILES string of the molecule is N#Cc1cccc(NC(=O)N2CCCC(C(=O)Nc3nccs3)C2)c1. The van der Waals surface area contributed by atoms with Crippen LogP contribution in [0.4, 0.5) is 15.6 Å². The summed E-state index contributed by atoms with van der Waals surface area (Å²) >= 11 is 1.37. The highest BCUT2D eigenvalue weighted by Crippen LogP contribution is 2.21. The van der Waals surface area contributed by atoms with Crippen molar-refractivity contribution in [3.05, 3.63) is 41.4 Å². The minimum Gasteiger partial charge on any atom is -0.324 e. The molecule has 3 rings (SSSR count). The standard InChI is InChI=1S/C17H17N5O2S/c18-10-12-3-1-5-14(9-12)20-17(24)22-7-2-4-13(11-22)15(23)21-16-19-6-8-25-16/h1,3,5-6,8-9,13H,2,4,7,11H2,(H,20,24)(H,19,21,23). The average molecular weight is 355 g/mol. The predicted molar refractivity (Wildman–Crippen MR) is 95.2 cm³/mol. The monoisotopic (exact) mass is 355 g/mol. The molecular formula is C17H17N5O2S. The van der Waals surface area contributed by atoms with E-state index in [0.29, 0.717) is 29.5 Å². The molecule has 3 amide bonds. The van der Waals surface area contributed by atoms with Crippen LogP contribution in [-0.4, -0.2) is 34.9 Å². The third kappa shape index (κ3) is 4.33. The number of carbonyl (C=O) groups is 2.